The third-order valence-corrected chi connectivity index (χ3v) is 8.05. The predicted molar refractivity (Wildman–Crippen MR) is 158 cm³/mol. The maximum Gasteiger partial charge on any atom is 0.328 e. The van der Waals surface area contributed by atoms with Gasteiger partial charge in [-0.25, -0.2) is 9.78 Å². The minimum absolute atomic E-state index is 0.0477. The monoisotopic (exact) mass is 603 g/mol. The molecule has 0 bridgehead atoms. The topological polar surface area (TPSA) is 141 Å². The molecule has 2 fully saturated rings. The molecule has 4 atom stereocenters. The predicted octanol–water partition coefficient (Wildman–Crippen LogP) is 4.04. The number of imidazole rings is 2. The minimum atomic E-state index is -0.889. The summed E-state index contributed by atoms with van der Waals surface area (Å²) in [4.78, 5) is 28.4. The molecule has 0 amide bonds. The van der Waals surface area contributed by atoms with Crippen LogP contribution in [0.15, 0.2) is 78.0 Å². The molecule has 1 unspecified atom stereocenters. The molecule has 0 saturated carbocycles. The lowest BCUT2D eigenvalue weighted by atomic mass is 9.91. The van der Waals surface area contributed by atoms with Gasteiger partial charge < -0.3 is 29.6 Å². The van der Waals surface area contributed by atoms with Crippen molar-refractivity contribution in [1.29, 1.82) is 0 Å². The van der Waals surface area contributed by atoms with Crippen LogP contribution in [0, 0.1) is 0 Å². The summed E-state index contributed by atoms with van der Waals surface area (Å²) in [6, 6.07) is 20.5. The van der Waals surface area contributed by atoms with Gasteiger partial charge in [0, 0.05) is 12.5 Å². The average Bonchev–Trinajstić information content (AvgIpc) is 3.73. The molecular formula is C30H30ClN7O5. The maximum absolute atomic E-state index is 12.3. The van der Waals surface area contributed by atoms with E-state index < -0.39 is 36.0 Å². The largest absolute Gasteiger partial charge is 0.493 e. The zero-order chi connectivity index (χ0) is 29.7. The van der Waals surface area contributed by atoms with E-state index in [1.807, 2.05) is 50.2 Å². The minimum Gasteiger partial charge on any atom is -0.493 e. The zero-order valence-corrected chi connectivity index (χ0v) is 24.2. The number of ether oxygens (including phenoxy) is 3. The van der Waals surface area contributed by atoms with Gasteiger partial charge in [0.15, 0.2) is 29.0 Å². The summed E-state index contributed by atoms with van der Waals surface area (Å²) < 4.78 is 21.8. The van der Waals surface area contributed by atoms with Gasteiger partial charge in [0.1, 0.15) is 18.3 Å². The number of anilines is 1. The van der Waals surface area contributed by atoms with Crippen molar-refractivity contribution < 1.29 is 19.3 Å². The summed E-state index contributed by atoms with van der Waals surface area (Å²) >= 11 is 6.45. The molecule has 2 saturated heterocycles. The lowest BCUT2D eigenvalue weighted by molar-refractivity contribution is -0.197. The van der Waals surface area contributed by atoms with Gasteiger partial charge in [0.05, 0.1) is 19.1 Å². The van der Waals surface area contributed by atoms with Gasteiger partial charge >= 0.3 is 5.69 Å². The van der Waals surface area contributed by atoms with Crippen molar-refractivity contribution >= 4 is 28.6 Å². The van der Waals surface area contributed by atoms with Gasteiger partial charge in [0.25, 0.3) is 0 Å². The van der Waals surface area contributed by atoms with E-state index in [9.17, 15) is 9.90 Å². The number of halogens is 1. The molecule has 0 spiro atoms. The third-order valence-electron chi connectivity index (χ3n) is 7.88. The highest BCUT2D eigenvalue weighted by molar-refractivity contribution is 6.28. The van der Waals surface area contributed by atoms with E-state index in [1.54, 1.807) is 10.9 Å². The third kappa shape index (κ3) is 5.16. The number of hydrogen-bond donors (Lipinski definition) is 3. The van der Waals surface area contributed by atoms with Crippen LogP contribution < -0.4 is 11.0 Å². The van der Waals surface area contributed by atoms with Gasteiger partial charge in [-0.05, 0) is 36.6 Å². The summed E-state index contributed by atoms with van der Waals surface area (Å²) in [6.45, 7) is 4.24. The van der Waals surface area contributed by atoms with Crippen LogP contribution in [-0.4, -0.2) is 64.8 Å². The average molecular weight is 604 g/mol. The van der Waals surface area contributed by atoms with Crippen LogP contribution >= 0.6 is 11.6 Å². The van der Waals surface area contributed by atoms with Crippen molar-refractivity contribution in [2.24, 2.45) is 0 Å². The number of fused-ring (bicyclic) bond motifs is 2. The zero-order valence-electron chi connectivity index (χ0n) is 23.4. The first-order chi connectivity index (χ1) is 20.8. The molecule has 13 heteroatoms. The Morgan fingerprint density at radius 3 is 2.37 bits per heavy atom. The van der Waals surface area contributed by atoms with E-state index in [-0.39, 0.29) is 23.6 Å². The Kier molecular flexibility index (Phi) is 6.93. The lowest BCUT2D eigenvalue weighted by Gasteiger charge is -2.25. The molecule has 5 heterocycles. The molecule has 0 radical (unpaired) electrons. The lowest BCUT2D eigenvalue weighted by Crippen LogP contribution is -2.35. The van der Waals surface area contributed by atoms with Crippen molar-refractivity contribution in [3.05, 3.63) is 100 Å². The Morgan fingerprint density at radius 1 is 1.05 bits per heavy atom. The number of aromatic hydroxyl groups is 1. The van der Waals surface area contributed by atoms with E-state index in [2.05, 4.69) is 49.5 Å². The maximum atomic E-state index is 12.3. The number of aromatic nitrogens is 6. The molecule has 12 nitrogen and oxygen atoms in total. The van der Waals surface area contributed by atoms with Gasteiger partial charge in [-0.2, -0.15) is 9.97 Å². The Hall–Kier alpha value is -4.23. The SMILES string of the molecule is CC1(C)OC2[C@H](n3cnc4c(NCC(c5ccccc5)c5ccccc5)nc(Cl)nc43)O[C@H](Cn3c(O)c[nH]c3=O)[C@H]2O1. The summed E-state index contributed by atoms with van der Waals surface area (Å²) in [7, 11) is 0. The van der Waals surface area contributed by atoms with E-state index in [0.717, 1.165) is 11.1 Å². The fourth-order valence-corrected chi connectivity index (χ4v) is 6.13. The normalized spacial score (nSPS) is 22.8. The van der Waals surface area contributed by atoms with Crippen LogP contribution in [0.25, 0.3) is 11.2 Å². The smallest absolute Gasteiger partial charge is 0.328 e. The fourth-order valence-electron chi connectivity index (χ4n) is 5.97. The van der Waals surface area contributed by atoms with Crippen LogP contribution in [-0.2, 0) is 20.8 Å². The molecule has 43 heavy (non-hydrogen) atoms. The molecule has 3 aromatic heterocycles. The Labute approximate surface area is 251 Å². The van der Waals surface area contributed by atoms with Crippen molar-refractivity contribution in [2.45, 2.75) is 56.6 Å². The number of rotatable bonds is 8. The number of hydrogen-bond acceptors (Lipinski definition) is 9. The van der Waals surface area contributed by atoms with Crippen molar-refractivity contribution in [3.8, 4) is 5.88 Å². The van der Waals surface area contributed by atoms with Crippen molar-refractivity contribution in [3.63, 3.8) is 0 Å². The van der Waals surface area contributed by atoms with Gasteiger partial charge in [-0.3, -0.25) is 9.13 Å². The number of aromatic amines is 1. The van der Waals surface area contributed by atoms with Gasteiger partial charge in [-0.15, -0.1) is 0 Å². The van der Waals surface area contributed by atoms with Crippen LogP contribution in [0.3, 0.4) is 0 Å². The molecule has 3 N–H and O–H groups in total. The van der Waals surface area contributed by atoms with Crippen LogP contribution in [0.5, 0.6) is 5.88 Å². The first-order valence-corrected chi connectivity index (χ1v) is 14.4. The van der Waals surface area contributed by atoms with E-state index in [4.69, 9.17) is 25.8 Å². The summed E-state index contributed by atoms with van der Waals surface area (Å²) in [5, 5.41) is 13.7. The van der Waals surface area contributed by atoms with Crippen LogP contribution in [0.1, 0.15) is 37.1 Å². The second-order valence-electron chi connectivity index (χ2n) is 11.1. The Bertz CT molecular complexity index is 1770. The van der Waals surface area contributed by atoms with Crippen LogP contribution in [0.4, 0.5) is 5.82 Å². The Morgan fingerprint density at radius 2 is 1.72 bits per heavy atom. The second-order valence-corrected chi connectivity index (χ2v) is 11.5. The van der Waals surface area contributed by atoms with Gasteiger partial charge in [-0.1, -0.05) is 60.7 Å². The van der Waals surface area contributed by atoms with E-state index >= 15 is 0 Å². The first-order valence-electron chi connectivity index (χ1n) is 14.0. The molecule has 2 aliphatic rings. The Balaban J connectivity index is 1.20. The van der Waals surface area contributed by atoms with Crippen molar-refractivity contribution in [1.82, 2.24) is 29.1 Å². The number of H-pyrrole nitrogens is 1. The van der Waals surface area contributed by atoms with Gasteiger partial charge in [0.2, 0.25) is 11.2 Å². The molecular weight excluding hydrogens is 574 g/mol. The number of nitrogens with zero attached hydrogens (tertiary/aromatic N) is 5. The highest BCUT2D eigenvalue weighted by Crippen LogP contribution is 2.44. The molecule has 222 valence electrons. The highest BCUT2D eigenvalue weighted by Gasteiger charge is 2.56. The molecule has 7 rings (SSSR count). The quantitative estimate of drug-likeness (QED) is 0.224. The summed E-state index contributed by atoms with van der Waals surface area (Å²) in [5.41, 5.74) is 2.84. The number of nitrogens with one attached hydrogen (secondary N) is 2. The van der Waals surface area contributed by atoms with E-state index in [0.29, 0.717) is 23.5 Å². The van der Waals surface area contributed by atoms with Crippen molar-refractivity contribution in [2.75, 3.05) is 11.9 Å². The highest BCUT2D eigenvalue weighted by atomic mass is 35.5. The van der Waals surface area contributed by atoms with E-state index in [1.165, 1.54) is 10.8 Å². The summed E-state index contributed by atoms with van der Waals surface area (Å²) in [6.07, 6.45) is 0.482. The molecule has 2 aromatic carbocycles. The standard InChI is InChI=1S/C30H30ClN7O5/c1-30(2)42-23-20(15-37-21(39)14-33-29(37)40)41-27(24(23)43-30)38-16-34-22-25(35-28(31)36-26(22)38)32-13-19(17-9-5-3-6-10-17)18-11-7-4-8-12-18/h3-12,14,16,19-20,23-24,27,39H,13,15H2,1-2H3,(H,33,40)(H,32,35,36)/t20-,23-,24?,27-/m1/s1. The first kappa shape index (κ1) is 27.6. The second kappa shape index (κ2) is 10.8. The molecule has 2 aliphatic heterocycles. The summed E-state index contributed by atoms with van der Waals surface area (Å²) in [5.74, 6) is -0.545. The number of benzene rings is 2. The molecule has 0 aliphatic carbocycles. The fraction of sp³-hybridized carbons (Fsp3) is 0.333. The van der Waals surface area contributed by atoms with Crippen LogP contribution in [0.2, 0.25) is 5.28 Å². The molecule has 5 aromatic rings.